The van der Waals surface area contributed by atoms with Crippen molar-refractivity contribution in [3.05, 3.63) is 33.7 Å². The number of aliphatic carboxylic acids is 1. The predicted molar refractivity (Wildman–Crippen MR) is 76.5 cm³/mol. The summed E-state index contributed by atoms with van der Waals surface area (Å²) in [4.78, 5) is 23.7. The number of carboxylic acids is 1. The third kappa shape index (κ3) is 1.66. The molecule has 0 unspecified atom stereocenters. The normalized spacial score (nSPS) is 13.1. The maximum absolute atomic E-state index is 12.5. The Labute approximate surface area is 117 Å². The molecular formula is C13H13N3O3S. The lowest BCUT2D eigenvalue weighted by Crippen LogP contribution is -2.33. The molecule has 20 heavy (non-hydrogen) atoms. The maximum Gasteiger partial charge on any atom is 0.328 e. The Kier molecular flexibility index (Phi) is 2.86. The number of thiophene rings is 1. The van der Waals surface area contributed by atoms with Gasteiger partial charge in [-0.3, -0.25) is 9.20 Å². The first-order valence-corrected chi connectivity index (χ1v) is 7.13. The Morgan fingerprint density at radius 3 is 2.90 bits per heavy atom. The molecule has 0 amide bonds. The first kappa shape index (κ1) is 12.9. The number of aryl methyl sites for hydroxylation is 1. The van der Waals surface area contributed by atoms with Crippen LogP contribution < -0.4 is 5.56 Å². The second-order valence-corrected chi connectivity index (χ2v) is 5.54. The van der Waals surface area contributed by atoms with Gasteiger partial charge in [-0.15, -0.1) is 11.3 Å². The molecule has 0 saturated heterocycles. The number of hydrogen-bond donors (Lipinski definition) is 1. The molecule has 7 heteroatoms. The molecule has 0 bridgehead atoms. The zero-order valence-electron chi connectivity index (χ0n) is 11.0. The molecule has 3 rings (SSSR count). The number of nitrogens with zero attached hydrogens (tertiary/aromatic N) is 3. The van der Waals surface area contributed by atoms with Gasteiger partial charge in [-0.25, -0.2) is 9.48 Å². The average molecular weight is 291 g/mol. The Balaban J connectivity index is 2.39. The largest absolute Gasteiger partial charge is 0.480 e. The summed E-state index contributed by atoms with van der Waals surface area (Å²) in [6.45, 7) is 3.50. The van der Waals surface area contributed by atoms with Crippen LogP contribution in [0.15, 0.2) is 22.3 Å². The minimum Gasteiger partial charge on any atom is -0.480 e. The summed E-state index contributed by atoms with van der Waals surface area (Å²) in [5.41, 5.74) is 1.04. The van der Waals surface area contributed by atoms with Crippen molar-refractivity contribution in [2.45, 2.75) is 26.3 Å². The van der Waals surface area contributed by atoms with Crippen LogP contribution in [0.1, 0.15) is 25.2 Å². The highest BCUT2D eigenvalue weighted by Crippen LogP contribution is 2.24. The van der Waals surface area contributed by atoms with Crippen LogP contribution in [0.4, 0.5) is 0 Å². The highest BCUT2D eigenvalue weighted by atomic mass is 32.1. The molecule has 0 aliphatic heterocycles. The summed E-state index contributed by atoms with van der Waals surface area (Å²) in [7, 11) is 0. The van der Waals surface area contributed by atoms with Crippen molar-refractivity contribution in [3.63, 3.8) is 0 Å². The van der Waals surface area contributed by atoms with Crippen molar-refractivity contribution < 1.29 is 9.90 Å². The van der Waals surface area contributed by atoms with Crippen molar-refractivity contribution in [2.75, 3.05) is 0 Å². The lowest BCUT2D eigenvalue weighted by molar-refractivity contribution is -0.141. The fourth-order valence-electron chi connectivity index (χ4n) is 2.46. The Morgan fingerprint density at radius 2 is 2.25 bits per heavy atom. The van der Waals surface area contributed by atoms with E-state index in [0.29, 0.717) is 17.8 Å². The van der Waals surface area contributed by atoms with Gasteiger partial charge in [0.05, 0.1) is 10.2 Å². The molecule has 0 aliphatic carbocycles. The van der Waals surface area contributed by atoms with Gasteiger partial charge in [-0.2, -0.15) is 5.10 Å². The number of carboxylic acid groups (broad SMARTS) is 1. The number of fused-ring (bicyclic) bond motifs is 3. The van der Waals surface area contributed by atoms with Crippen LogP contribution in [0.3, 0.4) is 0 Å². The number of carbonyl (C=O) groups is 1. The van der Waals surface area contributed by atoms with Crippen LogP contribution in [0.5, 0.6) is 0 Å². The highest BCUT2D eigenvalue weighted by molar-refractivity contribution is 7.17. The van der Waals surface area contributed by atoms with Crippen molar-refractivity contribution in [1.29, 1.82) is 0 Å². The summed E-state index contributed by atoms with van der Waals surface area (Å²) in [6, 6.07) is 2.79. The van der Waals surface area contributed by atoms with E-state index in [2.05, 4.69) is 5.10 Å². The van der Waals surface area contributed by atoms with Crippen molar-refractivity contribution in [3.8, 4) is 0 Å². The highest BCUT2D eigenvalue weighted by Gasteiger charge is 2.22. The zero-order chi connectivity index (χ0) is 14.4. The van der Waals surface area contributed by atoms with E-state index < -0.39 is 12.0 Å². The molecule has 6 nitrogen and oxygen atoms in total. The van der Waals surface area contributed by atoms with E-state index in [-0.39, 0.29) is 5.56 Å². The van der Waals surface area contributed by atoms with E-state index >= 15 is 0 Å². The summed E-state index contributed by atoms with van der Waals surface area (Å²) in [6.07, 6.45) is 0.312. The van der Waals surface area contributed by atoms with Gasteiger partial charge in [0.1, 0.15) is 11.3 Å². The molecule has 3 aromatic rings. The summed E-state index contributed by atoms with van der Waals surface area (Å²) in [5, 5.41) is 15.3. The molecule has 0 spiro atoms. The fraction of sp³-hybridized carbons (Fsp3) is 0.308. The minimum absolute atomic E-state index is 0.312. The second kappa shape index (κ2) is 4.45. The zero-order valence-corrected chi connectivity index (χ0v) is 11.8. The topological polar surface area (TPSA) is 76.6 Å². The van der Waals surface area contributed by atoms with Gasteiger partial charge >= 0.3 is 5.97 Å². The SMILES string of the molecule is CC[C@@H](C(=O)O)n1nc(C)n2c(cc3sccc32)c1=O. The lowest BCUT2D eigenvalue weighted by Gasteiger charge is -2.14. The summed E-state index contributed by atoms with van der Waals surface area (Å²) in [5.74, 6) is -0.438. The van der Waals surface area contributed by atoms with Crippen LogP contribution in [-0.2, 0) is 4.79 Å². The van der Waals surface area contributed by atoms with Gasteiger partial charge in [0.15, 0.2) is 6.04 Å². The van der Waals surface area contributed by atoms with Crippen LogP contribution >= 0.6 is 11.3 Å². The van der Waals surface area contributed by atoms with E-state index in [9.17, 15) is 14.7 Å². The molecule has 0 fully saturated rings. The lowest BCUT2D eigenvalue weighted by atomic mass is 10.2. The monoisotopic (exact) mass is 291 g/mol. The third-order valence-electron chi connectivity index (χ3n) is 3.39. The fourth-order valence-corrected chi connectivity index (χ4v) is 3.26. The van der Waals surface area contributed by atoms with E-state index in [0.717, 1.165) is 14.9 Å². The van der Waals surface area contributed by atoms with Gasteiger partial charge in [0.25, 0.3) is 5.56 Å². The molecule has 1 N–H and O–H groups in total. The molecule has 0 saturated carbocycles. The molecule has 0 aliphatic rings. The van der Waals surface area contributed by atoms with E-state index in [1.165, 1.54) is 0 Å². The number of rotatable bonds is 3. The summed E-state index contributed by atoms with van der Waals surface area (Å²) >= 11 is 1.54. The number of hydrogen-bond acceptors (Lipinski definition) is 4. The van der Waals surface area contributed by atoms with Crippen molar-refractivity contribution in [2.24, 2.45) is 0 Å². The average Bonchev–Trinajstić information content (AvgIpc) is 2.95. The van der Waals surface area contributed by atoms with Crippen LogP contribution in [0.2, 0.25) is 0 Å². The van der Waals surface area contributed by atoms with Crippen molar-refractivity contribution in [1.82, 2.24) is 14.2 Å². The molecule has 104 valence electrons. The van der Waals surface area contributed by atoms with E-state index in [4.69, 9.17) is 0 Å². The maximum atomic E-state index is 12.5. The first-order chi connectivity index (χ1) is 9.54. The molecule has 0 aromatic carbocycles. The van der Waals surface area contributed by atoms with Crippen LogP contribution in [-0.4, -0.2) is 25.3 Å². The Morgan fingerprint density at radius 1 is 1.50 bits per heavy atom. The first-order valence-electron chi connectivity index (χ1n) is 6.25. The smallest absolute Gasteiger partial charge is 0.328 e. The second-order valence-electron chi connectivity index (χ2n) is 4.59. The van der Waals surface area contributed by atoms with Crippen LogP contribution in [0, 0.1) is 6.92 Å². The quantitative estimate of drug-likeness (QED) is 0.801. The Hall–Kier alpha value is -2.15. The van der Waals surface area contributed by atoms with E-state index in [1.807, 2.05) is 11.4 Å². The minimum atomic E-state index is -1.04. The third-order valence-corrected chi connectivity index (χ3v) is 4.25. The molecule has 3 heterocycles. The number of aromatic nitrogens is 3. The van der Waals surface area contributed by atoms with Crippen molar-refractivity contribution >= 4 is 33.0 Å². The van der Waals surface area contributed by atoms with Gasteiger partial charge in [-0.05, 0) is 30.9 Å². The van der Waals surface area contributed by atoms with Gasteiger partial charge in [0.2, 0.25) is 0 Å². The summed E-state index contributed by atoms with van der Waals surface area (Å²) < 4.78 is 3.85. The van der Waals surface area contributed by atoms with Gasteiger partial charge in [-0.1, -0.05) is 6.92 Å². The molecule has 1 atom stereocenters. The standard InChI is InChI=1S/C13H13N3O3S/c1-3-8(13(18)19)16-12(17)10-6-11-9(4-5-20-11)15(10)7(2)14-16/h4-6,8H,3H2,1-2H3,(H,18,19)/t8-/m0/s1. The molecular weight excluding hydrogens is 278 g/mol. The van der Waals surface area contributed by atoms with Crippen LogP contribution in [0.25, 0.3) is 15.7 Å². The molecule has 0 radical (unpaired) electrons. The molecule has 3 aromatic heterocycles. The Bertz CT molecular complexity index is 874. The van der Waals surface area contributed by atoms with Gasteiger partial charge in [0, 0.05) is 0 Å². The predicted octanol–water partition coefficient (Wildman–Crippen LogP) is 2.05. The van der Waals surface area contributed by atoms with Gasteiger partial charge < -0.3 is 5.11 Å². The van der Waals surface area contributed by atoms with E-state index in [1.54, 1.807) is 35.7 Å².